The van der Waals surface area contributed by atoms with E-state index in [1.807, 2.05) is 15.2 Å². The molecule has 0 atom stereocenters. The molecule has 0 saturated carbocycles. The van der Waals surface area contributed by atoms with E-state index in [0.29, 0.717) is 17.5 Å². The zero-order chi connectivity index (χ0) is 26.8. The van der Waals surface area contributed by atoms with E-state index in [9.17, 15) is 9.59 Å². The molecule has 0 bridgehead atoms. The summed E-state index contributed by atoms with van der Waals surface area (Å²) in [5.74, 6) is 0.314. The summed E-state index contributed by atoms with van der Waals surface area (Å²) in [4.78, 5) is 35.4. The molecule has 3 rings (SSSR count). The van der Waals surface area contributed by atoms with E-state index in [4.69, 9.17) is 0 Å². The molecule has 208 valence electrons. The summed E-state index contributed by atoms with van der Waals surface area (Å²) in [5, 5.41) is 2.42. The molecule has 6 nitrogen and oxygen atoms in total. The molecule has 2 amide bonds. The van der Waals surface area contributed by atoms with Crippen LogP contribution in [0, 0.1) is 0 Å². The van der Waals surface area contributed by atoms with Crippen LogP contribution in [0.5, 0.6) is 0 Å². The molecule has 2 fully saturated rings. The molecule has 1 aromatic rings. The molecule has 38 heavy (non-hydrogen) atoms. The second kappa shape index (κ2) is 17.9. The number of amides is 2. The number of allylic oxidation sites excluding steroid dienone is 8. The van der Waals surface area contributed by atoms with Crippen LogP contribution >= 0.6 is 11.3 Å². The summed E-state index contributed by atoms with van der Waals surface area (Å²) in [6.45, 7) is 7.10. The van der Waals surface area contributed by atoms with Crippen LogP contribution in [0.4, 0.5) is 0 Å². The summed E-state index contributed by atoms with van der Waals surface area (Å²) >= 11 is 1.40. The highest BCUT2D eigenvalue weighted by molar-refractivity contribution is 7.11. The van der Waals surface area contributed by atoms with E-state index in [1.54, 1.807) is 6.20 Å². The zero-order valence-corrected chi connectivity index (χ0v) is 24.0. The molecule has 0 unspecified atom stereocenters. The Hall–Kier alpha value is -2.51. The van der Waals surface area contributed by atoms with Crippen molar-refractivity contribution < 1.29 is 9.59 Å². The lowest BCUT2D eigenvalue weighted by Gasteiger charge is -2.48. The van der Waals surface area contributed by atoms with Gasteiger partial charge in [-0.2, -0.15) is 0 Å². The zero-order valence-electron chi connectivity index (χ0n) is 23.2. The summed E-state index contributed by atoms with van der Waals surface area (Å²) in [5.41, 5.74) is 0. The fourth-order valence-electron chi connectivity index (χ4n) is 4.73. The predicted molar refractivity (Wildman–Crippen MR) is 158 cm³/mol. The predicted octanol–water partition coefficient (Wildman–Crippen LogP) is 6.26. The molecule has 0 aromatic carbocycles. The van der Waals surface area contributed by atoms with Crippen molar-refractivity contribution in [3.63, 3.8) is 0 Å². The van der Waals surface area contributed by atoms with E-state index < -0.39 is 0 Å². The number of carbonyl (C=O) groups excluding carboxylic acids is 2. The van der Waals surface area contributed by atoms with Crippen molar-refractivity contribution in [3.8, 4) is 0 Å². The van der Waals surface area contributed by atoms with E-state index in [2.05, 4.69) is 65.4 Å². The Balaban J connectivity index is 1.15. The molecule has 0 radical (unpaired) electrons. The lowest BCUT2D eigenvalue weighted by atomic mass is 10.0. The largest absolute Gasteiger partial charge is 0.339 e. The Kier molecular flexibility index (Phi) is 14.1. The number of hydrogen-bond donors (Lipinski definition) is 0. The SMILES string of the molecule is CCCCCC=CCC=CCC=CCC=CCCCC(=O)N1CC(N2CCN(C(=O)c3nccs3)CC2)C1. The third-order valence-electron chi connectivity index (χ3n) is 7.17. The highest BCUT2D eigenvalue weighted by Gasteiger charge is 2.36. The standard InChI is InChI=1S/C31H46N4O2S/c1-2-3-4-5-6-7-8-9-10-11-12-13-14-15-16-17-18-19-29(36)35-26-28(27-35)33-21-23-34(24-22-33)31(37)30-32-20-25-38-30/h6-7,9-10,12-13,15-16,20,25,28H,2-5,8,11,14,17-19,21-24,26-27H2,1H3. The summed E-state index contributed by atoms with van der Waals surface area (Å²) in [6.07, 6.45) is 30.1. The number of hydrogen-bond acceptors (Lipinski definition) is 5. The highest BCUT2D eigenvalue weighted by atomic mass is 32.1. The normalized spacial score (nSPS) is 17.5. The van der Waals surface area contributed by atoms with Crippen molar-refractivity contribution in [3.05, 3.63) is 65.2 Å². The van der Waals surface area contributed by atoms with E-state index in [1.165, 1.54) is 37.0 Å². The first-order valence-corrected chi connectivity index (χ1v) is 15.4. The Bertz CT molecular complexity index is 924. The maximum Gasteiger partial charge on any atom is 0.282 e. The molecule has 3 heterocycles. The van der Waals surface area contributed by atoms with Gasteiger partial charge in [-0.15, -0.1) is 11.3 Å². The minimum atomic E-state index is 0.0410. The van der Waals surface area contributed by atoms with Gasteiger partial charge in [0.1, 0.15) is 0 Å². The van der Waals surface area contributed by atoms with Gasteiger partial charge in [0.25, 0.3) is 5.91 Å². The number of piperazine rings is 1. The number of nitrogens with zero attached hydrogens (tertiary/aromatic N) is 4. The van der Waals surface area contributed by atoms with Crippen molar-refractivity contribution in [1.29, 1.82) is 0 Å². The summed E-state index contributed by atoms with van der Waals surface area (Å²) in [7, 11) is 0. The van der Waals surface area contributed by atoms with Crippen molar-refractivity contribution in [2.45, 2.75) is 77.2 Å². The average Bonchev–Trinajstić information content (AvgIpc) is 3.45. The van der Waals surface area contributed by atoms with E-state index in [0.717, 1.165) is 71.4 Å². The summed E-state index contributed by atoms with van der Waals surface area (Å²) in [6, 6.07) is 0.435. The Labute approximate surface area is 233 Å². The van der Waals surface area contributed by atoms with E-state index in [-0.39, 0.29) is 11.8 Å². The fraction of sp³-hybridized carbons (Fsp3) is 0.581. The molecule has 2 aliphatic heterocycles. The monoisotopic (exact) mass is 538 g/mol. The third kappa shape index (κ3) is 10.7. The molecule has 7 heteroatoms. The van der Waals surface area contributed by atoms with Crippen molar-refractivity contribution >= 4 is 23.2 Å². The number of unbranched alkanes of at least 4 members (excludes halogenated alkanes) is 4. The lowest BCUT2D eigenvalue weighted by molar-refractivity contribution is -0.139. The van der Waals surface area contributed by atoms with Crippen LogP contribution in [-0.4, -0.2) is 76.8 Å². The quantitative estimate of drug-likeness (QED) is 0.184. The molecule has 1 aromatic heterocycles. The molecule has 2 saturated heterocycles. The number of likely N-dealkylation sites (tertiary alicyclic amines) is 1. The van der Waals surface area contributed by atoms with Gasteiger partial charge in [-0.3, -0.25) is 14.5 Å². The number of rotatable bonds is 16. The van der Waals surface area contributed by atoms with Crippen molar-refractivity contribution in [2.24, 2.45) is 0 Å². The van der Waals surface area contributed by atoms with Gasteiger partial charge >= 0.3 is 0 Å². The minimum Gasteiger partial charge on any atom is -0.339 e. The fourth-order valence-corrected chi connectivity index (χ4v) is 5.34. The van der Waals surface area contributed by atoms with Gasteiger partial charge in [-0.25, -0.2) is 4.98 Å². The van der Waals surface area contributed by atoms with Gasteiger partial charge in [-0.1, -0.05) is 68.4 Å². The second-order valence-corrected chi connectivity index (χ2v) is 11.0. The molecule has 0 spiro atoms. The van der Waals surface area contributed by atoms with Crippen LogP contribution < -0.4 is 0 Å². The first-order valence-electron chi connectivity index (χ1n) is 14.5. The highest BCUT2D eigenvalue weighted by Crippen LogP contribution is 2.20. The Morgan fingerprint density at radius 1 is 0.842 bits per heavy atom. The van der Waals surface area contributed by atoms with Crippen LogP contribution in [0.1, 0.15) is 80.9 Å². The van der Waals surface area contributed by atoms with Crippen LogP contribution in [-0.2, 0) is 4.79 Å². The van der Waals surface area contributed by atoms with Crippen molar-refractivity contribution in [1.82, 2.24) is 19.7 Å². The first-order chi connectivity index (χ1) is 18.7. The topological polar surface area (TPSA) is 56.8 Å². The molecular weight excluding hydrogens is 492 g/mol. The van der Waals surface area contributed by atoms with Crippen LogP contribution in [0.2, 0.25) is 0 Å². The second-order valence-electron chi connectivity index (χ2n) is 10.1. The minimum absolute atomic E-state index is 0.0410. The molecule has 0 N–H and O–H groups in total. The van der Waals surface area contributed by atoms with Crippen LogP contribution in [0.3, 0.4) is 0 Å². The molecule has 2 aliphatic rings. The van der Waals surface area contributed by atoms with E-state index >= 15 is 0 Å². The van der Waals surface area contributed by atoms with Crippen LogP contribution in [0.15, 0.2) is 60.2 Å². The van der Waals surface area contributed by atoms with Crippen LogP contribution in [0.25, 0.3) is 0 Å². The lowest BCUT2D eigenvalue weighted by Crippen LogP contribution is -2.64. The summed E-state index contributed by atoms with van der Waals surface area (Å²) < 4.78 is 0. The first kappa shape index (κ1) is 30.0. The van der Waals surface area contributed by atoms with Gasteiger partial charge in [0.05, 0.1) is 0 Å². The van der Waals surface area contributed by atoms with Gasteiger partial charge in [0, 0.05) is 63.3 Å². The van der Waals surface area contributed by atoms with Gasteiger partial charge in [0.2, 0.25) is 5.91 Å². The van der Waals surface area contributed by atoms with Gasteiger partial charge in [0.15, 0.2) is 5.01 Å². The Morgan fingerprint density at radius 2 is 1.45 bits per heavy atom. The number of aromatic nitrogens is 1. The number of thiazole rings is 1. The third-order valence-corrected chi connectivity index (χ3v) is 7.93. The Morgan fingerprint density at radius 3 is 2.03 bits per heavy atom. The molecular formula is C31H46N4O2S. The molecule has 0 aliphatic carbocycles. The maximum absolute atomic E-state index is 12.5. The van der Waals surface area contributed by atoms with Gasteiger partial charge in [-0.05, 0) is 44.9 Å². The van der Waals surface area contributed by atoms with Gasteiger partial charge < -0.3 is 9.80 Å². The maximum atomic E-state index is 12.5. The van der Waals surface area contributed by atoms with Crippen molar-refractivity contribution in [2.75, 3.05) is 39.3 Å². The average molecular weight is 539 g/mol. The number of carbonyl (C=O) groups is 2. The smallest absolute Gasteiger partial charge is 0.282 e.